The molecule has 0 spiro atoms. The SMILES string of the molecule is CCC(C)C(N)C(=O)NC(CO)C(=O)NC(CS)C(=O)NC(CCC(N)=O)C(=O)O. The molecule has 0 aromatic rings. The van der Waals surface area contributed by atoms with E-state index in [2.05, 4.69) is 28.6 Å². The minimum atomic E-state index is -1.40. The first-order valence-corrected chi connectivity index (χ1v) is 10.0. The molecule has 0 aromatic heterocycles. The minimum absolute atomic E-state index is 0.156. The number of aliphatic hydroxyl groups is 1. The Hall–Kier alpha value is -2.38. The molecule has 5 atom stereocenters. The Bertz CT molecular complexity index is 634. The number of carbonyl (C=O) groups excluding carboxylic acids is 4. The van der Waals surface area contributed by atoms with E-state index in [0.717, 1.165) is 0 Å². The molecular formula is C17H31N5O7S. The summed E-state index contributed by atoms with van der Waals surface area (Å²) >= 11 is 3.96. The van der Waals surface area contributed by atoms with Gasteiger partial charge in [0.15, 0.2) is 0 Å². The first-order chi connectivity index (χ1) is 14.0. The molecule has 9 N–H and O–H groups in total. The number of nitrogens with one attached hydrogen (secondary N) is 3. The highest BCUT2D eigenvalue weighted by Gasteiger charge is 2.30. The number of aliphatic hydroxyl groups excluding tert-OH is 1. The summed E-state index contributed by atoms with van der Waals surface area (Å²) < 4.78 is 0. The average Bonchev–Trinajstić information content (AvgIpc) is 2.70. The van der Waals surface area contributed by atoms with E-state index in [1.54, 1.807) is 6.92 Å². The fourth-order valence-electron chi connectivity index (χ4n) is 2.26. The standard InChI is InChI=1S/C17H31N5O7S/c1-3-8(2)13(19)16(27)21-10(6-23)14(25)22-11(7-30)15(26)20-9(17(28)29)4-5-12(18)24/h8-11,13,23,30H,3-7,19H2,1-2H3,(H2,18,24)(H,20,26)(H,21,27)(H,22,25)(H,28,29). The van der Waals surface area contributed by atoms with E-state index in [1.807, 2.05) is 6.92 Å². The number of aliphatic carboxylic acids is 1. The van der Waals surface area contributed by atoms with E-state index in [-0.39, 0.29) is 24.5 Å². The maximum atomic E-state index is 12.4. The van der Waals surface area contributed by atoms with Crippen molar-refractivity contribution < 1.29 is 34.2 Å². The Morgan fingerprint density at radius 3 is 1.90 bits per heavy atom. The van der Waals surface area contributed by atoms with E-state index < -0.39 is 60.4 Å². The molecule has 12 nitrogen and oxygen atoms in total. The fourth-order valence-corrected chi connectivity index (χ4v) is 2.51. The van der Waals surface area contributed by atoms with Crippen LogP contribution in [0.25, 0.3) is 0 Å². The van der Waals surface area contributed by atoms with Crippen LogP contribution in [0.5, 0.6) is 0 Å². The number of carboxylic acid groups (broad SMARTS) is 1. The quantitative estimate of drug-likeness (QED) is 0.128. The van der Waals surface area contributed by atoms with Crippen LogP contribution in [0.15, 0.2) is 0 Å². The van der Waals surface area contributed by atoms with Crippen molar-refractivity contribution in [1.82, 2.24) is 16.0 Å². The molecule has 0 aromatic carbocycles. The minimum Gasteiger partial charge on any atom is -0.480 e. The molecule has 5 unspecified atom stereocenters. The molecular weight excluding hydrogens is 418 g/mol. The first-order valence-electron chi connectivity index (χ1n) is 9.37. The van der Waals surface area contributed by atoms with Crippen LogP contribution in [-0.4, -0.2) is 76.3 Å². The van der Waals surface area contributed by atoms with Crippen LogP contribution in [0.1, 0.15) is 33.1 Å². The lowest BCUT2D eigenvalue weighted by molar-refractivity contribution is -0.142. The molecule has 0 aliphatic carbocycles. The lowest BCUT2D eigenvalue weighted by Crippen LogP contribution is -2.59. The molecule has 0 saturated carbocycles. The van der Waals surface area contributed by atoms with Gasteiger partial charge in [-0.1, -0.05) is 20.3 Å². The zero-order chi connectivity index (χ0) is 23.4. The molecule has 30 heavy (non-hydrogen) atoms. The highest BCUT2D eigenvalue weighted by Crippen LogP contribution is 2.05. The van der Waals surface area contributed by atoms with Gasteiger partial charge in [0.1, 0.15) is 18.1 Å². The van der Waals surface area contributed by atoms with Gasteiger partial charge in [-0.3, -0.25) is 19.2 Å². The van der Waals surface area contributed by atoms with Gasteiger partial charge in [0.2, 0.25) is 23.6 Å². The van der Waals surface area contributed by atoms with Crippen LogP contribution >= 0.6 is 12.6 Å². The molecule has 4 amide bonds. The smallest absolute Gasteiger partial charge is 0.326 e. The summed E-state index contributed by atoms with van der Waals surface area (Å²) in [6.07, 6.45) is 0.143. The first kappa shape index (κ1) is 27.6. The summed E-state index contributed by atoms with van der Waals surface area (Å²) in [6.45, 7) is 2.86. The molecule has 172 valence electrons. The number of hydrogen-bond acceptors (Lipinski definition) is 8. The average molecular weight is 450 g/mol. The monoisotopic (exact) mass is 449 g/mol. The van der Waals surface area contributed by atoms with E-state index in [9.17, 15) is 29.1 Å². The zero-order valence-corrected chi connectivity index (χ0v) is 17.9. The van der Waals surface area contributed by atoms with Gasteiger partial charge in [-0.05, 0) is 12.3 Å². The van der Waals surface area contributed by atoms with Crippen LogP contribution in [0.2, 0.25) is 0 Å². The summed E-state index contributed by atoms with van der Waals surface area (Å²) in [5.41, 5.74) is 10.8. The molecule has 0 heterocycles. The largest absolute Gasteiger partial charge is 0.480 e. The van der Waals surface area contributed by atoms with E-state index in [4.69, 9.17) is 16.6 Å². The Balaban J connectivity index is 5.03. The van der Waals surface area contributed by atoms with Crippen molar-refractivity contribution in [2.75, 3.05) is 12.4 Å². The highest BCUT2D eigenvalue weighted by molar-refractivity contribution is 7.80. The second-order valence-corrected chi connectivity index (χ2v) is 7.17. The van der Waals surface area contributed by atoms with Gasteiger partial charge >= 0.3 is 5.97 Å². The third-order valence-corrected chi connectivity index (χ3v) is 4.85. The van der Waals surface area contributed by atoms with Crippen LogP contribution in [0.3, 0.4) is 0 Å². The third-order valence-electron chi connectivity index (χ3n) is 4.48. The van der Waals surface area contributed by atoms with Gasteiger partial charge in [0.25, 0.3) is 0 Å². The number of thiol groups is 1. The van der Waals surface area contributed by atoms with Crippen molar-refractivity contribution in [3.8, 4) is 0 Å². The molecule has 0 aliphatic heterocycles. The molecule has 0 aliphatic rings. The molecule has 0 rings (SSSR count). The lowest BCUT2D eigenvalue weighted by atomic mass is 9.99. The van der Waals surface area contributed by atoms with Gasteiger partial charge in [-0.25, -0.2) is 4.79 Å². The van der Waals surface area contributed by atoms with Gasteiger partial charge in [-0.15, -0.1) is 0 Å². The van der Waals surface area contributed by atoms with Crippen LogP contribution in [0, 0.1) is 5.92 Å². The maximum absolute atomic E-state index is 12.4. The molecule has 0 saturated heterocycles. The number of hydrogen-bond donors (Lipinski definition) is 8. The number of amides is 4. The van der Waals surface area contributed by atoms with E-state index >= 15 is 0 Å². The topological polar surface area (TPSA) is 214 Å². The van der Waals surface area contributed by atoms with Crippen LogP contribution in [0.4, 0.5) is 0 Å². The summed E-state index contributed by atoms with van der Waals surface area (Å²) in [5.74, 6) is -4.84. The van der Waals surface area contributed by atoms with E-state index in [0.29, 0.717) is 6.42 Å². The lowest BCUT2D eigenvalue weighted by Gasteiger charge is -2.24. The normalized spacial score (nSPS) is 15.8. The predicted molar refractivity (Wildman–Crippen MR) is 110 cm³/mol. The Morgan fingerprint density at radius 1 is 0.967 bits per heavy atom. The number of nitrogens with two attached hydrogens (primary N) is 2. The van der Waals surface area contributed by atoms with Crippen LogP contribution < -0.4 is 27.4 Å². The maximum Gasteiger partial charge on any atom is 0.326 e. The van der Waals surface area contributed by atoms with Gasteiger partial charge < -0.3 is 37.6 Å². The summed E-state index contributed by atoms with van der Waals surface area (Å²) in [5, 5.41) is 25.4. The second-order valence-electron chi connectivity index (χ2n) is 6.80. The van der Waals surface area contributed by atoms with Crippen molar-refractivity contribution in [1.29, 1.82) is 0 Å². The van der Waals surface area contributed by atoms with Crippen molar-refractivity contribution >= 4 is 42.2 Å². The van der Waals surface area contributed by atoms with Crippen molar-refractivity contribution in [2.24, 2.45) is 17.4 Å². The molecule has 0 fully saturated rings. The van der Waals surface area contributed by atoms with Crippen molar-refractivity contribution in [3.63, 3.8) is 0 Å². The molecule has 0 radical (unpaired) electrons. The van der Waals surface area contributed by atoms with Crippen molar-refractivity contribution in [3.05, 3.63) is 0 Å². The van der Waals surface area contributed by atoms with Crippen LogP contribution in [-0.2, 0) is 24.0 Å². The Morgan fingerprint density at radius 2 is 1.47 bits per heavy atom. The second kappa shape index (κ2) is 13.8. The zero-order valence-electron chi connectivity index (χ0n) is 17.0. The Kier molecular flexibility index (Phi) is 12.7. The Labute approximate surface area is 179 Å². The number of rotatable bonds is 14. The number of carbonyl (C=O) groups is 5. The summed E-state index contributed by atoms with van der Waals surface area (Å²) in [7, 11) is 0. The van der Waals surface area contributed by atoms with Gasteiger partial charge in [-0.2, -0.15) is 12.6 Å². The van der Waals surface area contributed by atoms with Gasteiger partial charge in [0, 0.05) is 12.2 Å². The van der Waals surface area contributed by atoms with Crippen molar-refractivity contribution in [2.45, 2.75) is 57.3 Å². The summed E-state index contributed by atoms with van der Waals surface area (Å²) in [6, 6.07) is -4.91. The highest BCUT2D eigenvalue weighted by atomic mass is 32.1. The van der Waals surface area contributed by atoms with E-state index in [1.165, 1.54) is 0 Å². The molecule has 0 bridgehead atoms. The fraction of sp³-hybridized carbons (Fsp3) is 0.706. The summed E-state index contributed by atoms with van der Waals surface area (Å²) in [4.78, 5) is 58.9. The predicted octanol–water partition coefficient (Wildman–Crippen LogP) is -2.91. The molecule has 13 heteroatoms. The van der Waals surface area contributed by atoms with Gasteiger partial charge in [0.05, 0.1) is 12.6 Å². The number of carboxylic acids is 1. The third kappa shape index (κ3) is 9.41. The number of primary amides is 1.